The van der Waals surface area contributed by atoms with Crippen LogP contribution in [-0.2, 0) is 13.5 Å². The predicted octanol–water partition coefficient (Wildman–Crippen LogP) is 3.19. The fourth-order valence-electron chi connectivity index (χ4n) is 3.61. The average Bonchev–Trinajstić information content (AvgIpc) is 2.82. The lowest BCUT2D eigenvalue weighted by molar-refractivity contribution is 0.112. The van der Waals surface area contributed by atoms with Crippen molar-refractivity contribution in [2.45, 2.75) is 65.8 Å². The number of rotatable bonds is 5. The molecule has 1 saturated carbocycles. The number of aryl methyl sites for hydroxylation is 1. The van der Waals surface area contributed by atoms with Crippen LogP contribution in [0.25, 0.3) is 0 Å². The van der Waals surface area contributed by atoms with E-state index in [0.717, 1.165) is 24.7 Å². The second-order valence-corrected chi connectivity index (χ2v) is 7.70. The highest BCUT2D eigenvalue weighted by atomic mass is 15.3. The van der Waals surface area contributed by atoms with E-state index >= 15 is 0 Å². The van der Waals surface area contributed by atoms with Crippen LogP contribution in [0.15, 0.2) is 6.33 Å². The van der Waals surface area contributed by atoms with Crippen LogP contribution in [0.5, 0.6) is 0 Å². The van der Waals surface area contributed by atoms with Crippen LogP contribution >= 0.6 is 0 Å². The summed E-state index contributed by atoms with van der Waals surface area (Å²) in [5.41, 5.74) is 0.411. The standard InChI is InChI=1S/C17H32N4/c1-6-9-18-15-8-7-14(17(2,3)4)10-13(15)11-16-19-12-20-21(16)5/h12-15,18H,6-11H2,1-5H3. The zero-order chi connectivity index (χ0) is 15.5. The van der Waals surface area contributed by atoms with Gasteiger partial charge in [-0.05, 0) is 49.5 Å². The van der Waals surface area contributed by atoms with Gasteiger partial charge in [0.25, 0.3) is 0 Å². The van der Waals surface area contributed by atoms with E-state index < -0.39 is 0 Å². The Morgan fingerprint density at radius 1 is 1.33 bits per heavy atom. The highest BCUT2D eigenvalue weighted by molar-refractivity contribution is 4.95. The summed E-state index contributed by atoms with van der Waals surface area (Å²) in [7, 11) is 2.00. The molecule has 0 bridgehead atoms. The maximum Gasteiger partial charge on any atom is 0.138 e. The fraction of sp³-hybridized carbons (Fsp3) is 0.882. The normalized spacial score (nSPS) is 27.0. The van der Waals surface area contributed by atoms with Crippen molar-refractivity contribution in [1.82, 2.24) is 20.1 Å². The van der Waals surface area contributed by atoms with Gasteiger partial charge >= 0.3 is 0 Å². The molecule has 120 valence electrons. The number of nitrogens with zero attached hydrogens (tertiary/aromatic N) is 3. The van der Waals surface area contributed by atoms with Crippen LogP contribution in [0.2, 0.25) is 0 Å². The molecule has 3 atom stereocenters. The van der Waals surface area contributed by atoms with E-state index in [4.69, 9.17) is 0 Å². The fourth-order valence-corrected chi connectivity index (χ4v) is 3.61. The summed E-state index contributed by atoms with van der Waals surface area (Å²) in [5, 5.41) is 7.99. The van der Waals surface area contributed by atoms with Gasteiger partial charge in [-0.1, -0.05) is 27.7 Å². The van der Waals surface area contributed by atoms with Crippen LogP contribution in [0.3, 0.4) is 0 Å². The molecule has 0 saturated heterocycles. The Bertz CT molecular complexity index is 432. The van der Waals surface area contributed by atoms with Gasteiger partial charge in [-0.3, -0.25) is 4.68 Å². The number of aromatic nitrogens is 3. The minimum absolute atomic E-state index is 0.411. The Kier molecular flexibility index (Phi) is 5.42. The van der Waals surface area contributed by atoms with E-state index in [2.05, 4.69) is 43.1 Å². The second-order valence-electron chi connectivity index (χ2n) is 7.70. The number of hydrogen-bond donors (Lipinski definition) is 1. The minimum atomic E-state index is 0.411. The minimum Gasteiger partial charge on any atom is -0.314 e. The summed E-state index contributed by atoms with van der Waals surface area (Å²) < 4.78 is 1.93. The van der Waals surface area contributed by atoms with Crippen molar-refractivity contribution < 1.29 is 0 Å². The van der Waals surface area contributed by atoms with Crippen LogP contribution in [-0.4, -0.2) is 27.4 Å². The summed E-state index contributed by atoms with van der Waals surface area (Å²) in [5.74, 6) is 2.62. The van der Waals surface area contributed by atoms with Crippen molar-refractivity contribution in [1.29, 1.82) is 0 Å². The first-order chi connectivity index (χ1) is 9.91. The van der Waals surface area contributed by atoms with Gasteiger partial charge in [-0.2, -0.15) is 5.10 Å². The van der Waals surface area contributed by atoms with Gasteiger partial charge in [0.1, 0.15) is 12.2 Å². The van der Waals surface area contributed by atoms with Crippen LogP contribution in [0, 0.1) is 17.3 Å². The molecule has 1 heterocycles. The van der Waals surface area contributed by atoms with Gasteiger partial charge in [0.05, 0.1) is 0 Å². The second kappa shape index (κ2) is 6.91. The van der Waals surface area contributed by atoms with E-state index in [1.165, 1.54) is 25.7 Å². The lowest BCUT2D eigenvalue weighted by Gasteiger charge is -2.42. The third-order valence-corrected chi connectivity index (χ3v) is 5.11. The van der Waals surface area contributed by atoms with Crippen molar-refractivity contribution in [3.8, 4) is 0 Å². The first-order valence-electron chi connectivity index (χ1n) is 8.48. The highest BCUT2D eigenvalue weighted by Crippen LogP contribution is 2.41. The number of nitrogens with one attached hydrogen (secondary N) is 1. The van der Waals surface area contributed by atoms with Gasteiger partial charge in [0.2, 0.25) is 0 Å². The molecular formula is C17H32N4. The summed E-state index contributed by atoms with van der Waals surface area (Å²) in [6.45, 7) is 10.5. The van der Waals surface area contributed by atoms with E-state index in [-0.39, 0.29) is 0 Å². The topological polar surface area (TPSA) is 42.7 Å². The molecule has 1 aromatic heterocycles. The average molecular weight is 292 g/mol. The third-order valence-electron chi connectivity index (χ3n) is 5.11. The van der Waals surface area contributed by atoms with Crippen LogP contribution in [0.4, 0.5) is 0 Å². The molecule has 1 aromatic rings. The molecule has 1 N–H and O–H groups in total. The molecule has 2 rings (SSSR count). The third kappa shape index (κ3) is 4.29. The summed E-state index contributed by atoms with van der Waals surface area (Å²) in [6.07, 6.45) is 7.87. The van der Waals surface area contributed by atoms with E-state index in [0.29, 0.717) is 17.4 Å². The predicted molar refractivity (Wildman–Crippen MR) is 87.1 cm³/mol. The van der Waals surface area contributed by atoms with Gasteiger partial charge in [0.15, 0.2) is 0 Å². The Morgan fingerprint density at radius 3 is 2.67 bits per heavy atom. The maximum absolute atomic E-state index is 4.44. The molecule has 3 unspecified atom stereocenters. The molecule has 1 fully saturated rings. The molecule has 0 radical (unpaired) electrons. The van der Waals surface area contributed by atoms with Crippen molar-refractivity contribution >= 4 is 0 Å². The van der Waals surface area contributed by atoms with Crippen LogP contribution < -0.4 is 5.32 Å². The zero-order valence-electron chi connectivity index (χ0n) is 14.4. The molecule has 21 heavy (non-hydrogen) atoms. The van der Waals surface area contributed by atoms with Gasteiger partial charge in [-0.15, -0.1) is 0 Å². The Morgan fingerprint density at radius 2 is 2.10 bits per heavy atom. The van der Waals surface area contributed by atoms with E-state index in [1.807, 2.05) is 11.7 Å². The van der Waals surface area contributed by atoms with Gasteiger partial charge in [-0.25, -0.2) is 4.98 Å². The summed E-state index contributed by atoms with van der Waals surface area (Å²) in [4.78, 5) is 4.44. The number of hydrogen-bond acceptors (Lipinski definition) is 3. The van der Waals surface area contributed by atoms with Gasteiger partial charge < -0.3 is 5.32 Å². The van der Waals surface area contributed by atoms with Crippen molar-refractivity contribution in [2.75, 3.05) is 6.54 Å². The SMILES string of the molecule is CCCNC1CCC(C(C)(C)C)CC1Cc1ncnn1C. The van der Waals surface area contributed by atoms with Crippen molar-refractivity contribution in [3.63, 3.8) is 0 Å². The zero-order valence-corrected chi connectivity index (χ0v) is 14.4. The quantitative estimate of drug-likeness (QED) is 0.906. The maximum atomic E-state index is 4.44. The molecule has 4 heteroatoms. The molecule has 4 nitrogen and oxygen atoms in total. The van der Waals surface area contributed by atoms with Gasteiger partial charge in [0, 0.05) is 19.5 Å². The molecule has 0 amide bonds. The molecule has 0 aromatic carbocycles. The van der Waals surface area contributed by atoms with Crippen molar-refractivity contribution in [2.24, 2.45) is 24.3 Å². The van der Waals surface area contributed by atoms with Crippen molar-refractivity contribution in [3.05, 3.63) is 12.2 Å². The highest BCUT2D eigenvalue weighted by Gasteiger charge is 2.36. The molecule has 1 aliphatic carbocycles. The molecule has 0 spiro atoms. The monoisotopic (exact) mass is 292 g/mol. The first-order valence-corrected chi connectivity index (χ1v) is 8.48. The smallest absolute Gasteiger partial charge is 0.138 e. The lowest BCUT2D eigenvalue weighted by atomic mass is 9.66. The Hall–Kier alpha value is -0.900. The molecule has 1 aliphatic rings. The molecule has 0 aliphatic heterocycles. The largest absolute Gasteiger partial charge is 0.314 e. The Labute approximate surface area is 129 Å². The summed E-state index contributed by atoms with van der Waals surface area (Å²) in [6, 6.07) is 0.639. The molecular weight excluding hydrogens is 260 g/mol. The Balaban J connectivity index is 2.07. The van der Waals surface area contributed by atoms with E-state index in [9.17, 15) is 0 Å². The van der Waals surface area contributed by atoms with Crippen LogP contribution in [0.1, 0.15) is 59.2 Å². The first kappa shape index (κ1) is 16.5. The lowest BCUT2D eigenvalue weighted by Crippen LogP contribution is -2.44. The summed E-state index contributed by atoms with van der Waals surface area (Å²) >= 11 is 0. The van der Waals surface area contributed by atoms with E-state index in [1.54, 1.807) is 6.33 Å².